The average molecular weight is 273 g/mol. The number of phenols is 1. The van der Waals surface area contributed by atoms with Crippen LogP contribution in [0.4, 0.5) is 10.1 Å². The minimum absolute atomic E-state index is 0.0993. The van der Waals surface area contributed by atoms with E-state index < -0.39 is 11.7 Å². The van der Waals surface area contributed by atoms with E-state index >= 15 is 0 Å². The minimum atomic E-state index is -0.748. The fourth-order valence-electron chi connectivity index (χ4n) is 1.86. The van der Waals surface area contributed by atoms with Gasteiger partial charge in [-0.05, 0) is 35.7 Å². The average Bonchev–Trinajstić information content (AvgIpc) is 2.38. The molecule has 0 aliphatic heterocycles. The van der Waals surface area contributed by atoms with Gasteiger partial charge in [0.1, 0.15) is 11.6 Å². The molecule has 2 rings (SSSR count). The third-order valence-corrected chi connectivity index (χ3v) is 3.01. The maximum absolute atomic E-state index is 13.6. The zero-order chi connectivity index (χ0) is 14.7. The van der Waals surface area contributed by atoms with E-state index in [-0.39, 0.29) is 11.3 Å². The Morgan fingerprint density at radius 2 is 1.95 bits per heavy atom. The Kier molecular flexibility index (Phi) is 4.03. The molecule has 2 aromatic carbocycles. The molecule has 0 saturated heterocycles. The number of nitrogens with one attached hydrogen (secondary N) is 1. The van der Waals surface area contributed by atoms with Crippen molar-refractivity contribution in [3.63, 3.8) is 0 Å². The van der Waals surface area contributed by atoms with Crippen molar-refractivity contribution in [1.29, 1.82) is 0 Å². The van der Waals surface area contributed by atoms with Crippen LogP contribution in [0.1, 0.15) is 35.7 Å². The van der Waals surface area contributed by atoms with Gasteiger partial charge >= 0.3 is 0 Å². The zero-order valence-corrected chi connectivity index (χ0v) is 11.4. The van der Waals surface area contributed by atoms with Crippen LogP contribution in [0.15, 0.2) is 42.5 Å². The highest BCUT2D eigenvalue weighted by Gasteiger charge is 2.12. The van der Waals surface area contributed by atoms with E-state index in [2.05, 4.69) is 19.2 Å². The molecular weight excluding hydrogens is 257 g/mol. The highest BCUT2D eigenvalue weighted by atomic mass is 19.1. The van der Waals surface area contributed by atoms with Crippen molar-refractivity contribution in [2.24, 2.45) is 0 Å². The van der Waals surface area contributed by atoms with Crippen LogP contribution in [0.3, 0.4) is 0 Å². The van der Waals surface area contributed by atoms with Gasteiger partial charge in [-0.25, -0.2) is 4.39 Å². The lowest BCUT2D eigenvalue weighted by Gasteiger charge is -2.10. The lowest BCUT2D eigenvalue weighted by atomic mass is 10.0. The molecule has 0 aromatic heterocycles. The van der Waals surface area contributed by atoms with Gasteiger partial charge in [-0.2, -0.15) is 0 Å². The van der Waals surface area contributed by atoms with Crippen molar-refractivity contribution in [3.05, 3.63) is 59.4 Å². The highest BCUT2D eigenvalue weighted by Crippen LogP contribution is 2.20. The number of hydrogen-bond acceptors (Lipinski definition) is 2. The highest BCUT2D eigenvalue weighted by molar-refractivity contribution is 6.04. The number of aromatic hydroxyl groups is 1. The molecule has 3 nitrogen and oxygen atoms in total. The first kappa shape index (κ1) is 14.1. The Balaban J connectivity index is 2.21. The number of rotatable bonds is 3. The number of carbonyl (C=O) groups excluding carboxylic acids is 1. The van der Waals surface area contributed by atoms with Crippen molar-refractivity contribution in [3.8, 4) is 5.75 Å². The summed E-state index contributed by atoms with van der Waals surface area (Å²) in [6.45, 7) is 4.11. The van der Waals surface area contributed by atoms with E-state index in [0.717, 1.165) is 11.6 Å². The third-order valence-electron chi connectivity index (χ3n) is 3.01. The summed E-state index contributed by atoms with van der Waals surface area (Å²) in [5.41, 5.74) is 1.61. The molecule has 4 heteroatoms. The third kappa shape index (κ3) is 3.15. The first-order chi connectivity index (χ1) is 9.47. The predicted molar refractivity (Wildman–Crippen MR) is 76.5 cm³/mol. The molecule has 2 N–H and O–H groups in total. The van der Waals surface area contributed by atoms with Crippen molar-refractivity contribution < 1.29 is 14.3 Å². The van der Waals surface area contributed by atoms with Gasteiger partial charge in [0.25, 0.3) is 5.91 Å². The van der Waals surface area contributed by atoms with Gasteiger partial charge in [0.15, 0.2) is 0 Å². The summed E-state index contributed by atoms with van der Waals surface area (Å²) in [5.74, 6) is -1.15. The first-order valence-corrected chi connectivity index (χ1v) is 6.37. The number of benzene rings is 2. The Labute approximate surface area is 117 Å². The van der Waals surface area contributed by atoms with Gasteiger partial charge in [0.05, 0.1) is 5.56 Å². The van der Waals surface area contributed by atoms with E-state index in [1.165, 1.54) is 12.1 Å². The molecule has 0 heterocycles. The van der Waals surface area contributed by atoms with Crippen LogP contribution < -0.4 is 5.32 Å². The largest absolute Gasteiger partial charge is 0.508 e. The lowest BCUT2D eigenvalue weighted by Crippen LogP contribution is -2.13. The molecule has 0 fully saturated rings. The summed E-state index contributed by atoms with van der Waals surface area (Å²) in [4.78, 5) is 12.0. The van der Waals surface area contributed by atoms with Crippen LogP contribution in [-0.2, 0) is 0 Å². The molecule has 0 unspecified atom stereocenters. The van der Waals surface area contributed by atoms with Crippen molar-refractivity contribution in [2.75, 3.05) is 5.32 Å². The Morgan fingerprint density at radius 1 is 1.20 bits per heavy atom. The summed E-state index contributed by atoms with van der Waals surface area (Å²) in [6.07, 6.45) is 0. The SMILES string of the molecule is CC(C)c1cccc(NC(=O)c2ccc(O)cc2F)c1. The van der Waals surface area contributed by atoms with Crippen LogP contribution in [0.25, 0.3) is 0 Å². The van der Waals surface area contributed by atoms with Gasteiger partial charge in [-0.3, -0.25) is 4.79 Å². The van der Waals surface area contributed by atoms with Crippen LogP contribution in [0, 0.1) is 5.82 Å². The van der Waals surface area contributed by atoms with E-state index in [4.69, 9.17) is 5.11 Å². The van der Waals surface area contributed by atoms with Crippen LogP contribution >= 0.6 is 0 Å². The normalized spacial score (nSPS) is 10.6. The van der Waals surface area contributed by atoms with E-state index in [9.17, 15) is 9.18 Å². The maximum atomic E-state index is 13.6. The van der Waals surface area contributed by atoms with E-state index in [1.54, 1.807) is 6.07 Å². The summed E-state index contributed by atoms with van der Waals surface area (Å²) < 4.78 is 13.6. The van der Waals surface area contributed by atoms with Gasteiger partial charge in [0.2, 0.25) is 0 Å². The second-order valence-corrected chi connectivity index (χ2v) is 4.90. The van der Waals surface area contributed by atoms with Crippen LogP contribution in [0.5, 0.6) is 5.75 Å². The maximum Gasteiger partial charge on any atom is 0.258 e. The molecule has 0 spiro atoms. The zero-order valence-electron chi connectivity index (χ0n) is 11.4. The van der Waals surface area contributed by atoms with Crippen molar-refractivity contribution >= 4 is 11.6 Å². The molecule has 20 heavy (non-hydrogen) atoms. The minimum Gasteiger partial charge on any atom is -0.508 e. The standard InChI is InChI=1S/C16H16FNO2/c1-10(2)11-4-3-5-12(8-11)18-16(20)14-7-6-13(19)9-15(14)17/h3-10,19H,1-2H3,(H,18,20). The number of hydrogen-bond donors (Lipinski definition) is 2. The van der Waals surface area contributed by atoms with Gasteiger partial charge in [-0.1, -0.05) is 26.0 Å². The summed E-state index contributed by atoms with van der Waals surface area (Å²) >= 11 is 0. The lowest BCUT2D eigenvalue weighted by molar-refractivity contribution is 0.102. The fraction of sp³-hybridized carbons (Fsp3) is 0.188. The van der Waals surface area contributed by atoms with Gasteiger partial charge < -0.3 is 10.4 Å². The monoisotopic (exact) mass is 273 g/mol. The molecule has 0 bridgehead atoms. The molecule has 0 atom stereocenters. The molecule has 2 aromatic rings. The van der Waals surface area contributed by atoms with Crippen molar-refractivity contribution in [1.82, 2.24) is 0 Å². The fourth-order valence-corrected chi connectivity index (χ4v) is 1.86. The molecule has 0 saturated carbocycles. The van der Waals surface area contributed by atoms with Crippen molar-refractivity contribution in [2.45, 2.75) is 19.8 Å². The van der Waals surface area contributed by atoms with Crippen LogP contribution in [-0.4, -0.2) is 11.0 Å². The number of amides is 1. The summed E-state index contributed by atoms with van der Waals surface area (Å²) in [6, 6.07) is 10.9. The Morgan fingerprint density at radius 3 is 2.60 bits per heavy atom. The van der Waals surface area contributed by atoms with Crippen LogP contribution in [0.2, 0.25) is 0 Å². The number of phenolic OH excluding ortho intramolecular Hbond substituents is 1. The summed E-state index contributed by atoms with van der Waals surface area (Å²) in [7, 11) is 0. The Bertz CT molecular complexity index is 638. The quantitative estimate of drug-likeness (QED) is 0.890. The van der Waals surface area contributed by atoms with E-state index in [1.807, 2.05) is 18.2 Å². The predicted octanol–water partition coefficient (Wildman–Crippen LogP) is 3.91. The second-order valence-electron chi connectivity index (χ2n) is 4.90. The molecule has 104 valence electrons. The van der Waals surface area contributed by atoms with Gasteiger partial charge in [-0.15, -0.1) is 0 Å². The molecule has 0 aliphatic rings. The topological polar surface area (TPSA) is 49.3 Å². The number of anilines is 1. The molecule has 0 aliphatic carbocycles. The first-order valence-electron chi connectivity index (χ1n) is 6.37. The number of carbonyl (C=O) groups is 1. The molecule has 0 radical (unpaired) electrons. The van der Waals surface area contributed by atoms with Gasteiger partial charge in [0, 0.05) is 11.8 Å². The smallest absolute Gasteiger partial charge is 0.258 e. The summed E-state index contributed by atoms with van der Waals surface area (Å²) in [5, 5.41) is 11.8. The molecule has 1 amide bonds. The second kappa shape index (κ2) is 5.74. The molecular formula is C16H16FNO2. The number of halogens is 1. The van der Waals surface area contributed by atoms with E-state index in [0.29, 0.717) is 11.6 Å². The Hall–Kier alpha value is -2.36.